The van der Waals surface area contributed by atoms with Gasteiger partial charge in [0.1, 0.15) is 12.7 Å². The van der Waals surface area contributed by atoms with Crippen molar-refractivity contribution in [3.63, 3.8) is 0 Å². The number of aromatic nitrogens is 1. The molecule has 35 heavy (non-hydrogen) atoms. The Morgan fingerprint density at radius 1 is 1.00 bits per heavy atom. The molecular formula is C28H25ClN2O4. The van der Waals surface area contributed by atoms with E-state index in [1.54, 1.807) is 30.5 Å². The van der Waals surface area contributed by atoms with Crippen molar-refractivity contribution < 1.29 is 19.7 Å². The third kappa shape index (κ3) is 4.73. The predicted molar refractivity (Wildman–Crippen MR) is 135 cm³/mol. The van der Waals surface area contributed by atoms with Crippen molar-refractivity contribution in [1.82, 2.24) is 10.3 Å². The molecule has 7 heteroatoms. The predicted octanol–water partition coefficient (Wildman–Crippen LogP) is 5.21. The van der Waals surface area contributed by atoms with Crippen molar-refractivity contribution >= 4 is 28.6 Å². The van der Waals surface area contributed by atoms with Gasteiger partial charge < -0.3 is 20.3 Å². The van der Waals surface area contributed by atoms with Crippen molar-refractivity contribution in [3.8, 4) is 11.1 Å². The molecule has 1 amide bonds. The summed E-state index contributed by atoms with van der Waals surface area (Å²) in [6.07, 6.45) is -0.995. The minimum atomic E-state index is -1.12. The van der Waals surface area contributed by atoms with Crippen molar-refractivity contribution in [1.29, 1.82) is 0 Å². The average Bonchev–Trinajstić information content (AvgIpc) is 3.20. The number of hydrogen-bond acceptors (Lipinski definition) is 5. The molecule has 1 heterocycles. The number of aliphatic hydroxyl groups is 2. The van der Waals surface area contributed by atoms with Crippen LogP contribution in [0.1, 0.15) is 35.1 Å². The highest BCUT2D eigenvalue weighted by atomic mass is 35.5. The third-order valence-electron chi connectivity index (χ3n) is 6.47. The Labute approximate surface area is 208 Å². The van der Waals surface area contributed by atoms with Gasteiger partial charge in [-0.05, 0) is 46.4 Å². The molecule has 0 saturated carbocycles. The SMILES string of the molecule is O=C(NCCC(O)C(O)c1ccc2c(Cl)ccnc2c1)OCC1c2ccccc2-c2ccccc21. The molecule has 1 aliphatic carbocycles. The van der Waals surface area contributed by atoms with Gasteiger partial charge in [-0.15, -0.1) is 0 Å². The smallest absolute Gasteiger partial charge is 0.407 e. The molecule has 5 rings (SSSR count). The van der Waals surface area contributed by atoms with Crippen LogP contribution in [0.25, 0.3) is 22.0 Å². The highest BCUT2D eigenvalue weighted by molar-refractivity contribution is 6.35. The second-order valence-electron chi connectivity index (χ2n) is 8.62. The van der Waals surface area contributed by atoms with E-state index in [2.05, 4.69) is 34.6 Å². The third-order valence-corrected chi connectivity index (χ3v) is 6.80. The van der Waals surface area contributed by atoms with E-state index in [0.29, 0.717) is 16.1 Å². The number of fused-ring (bicyclic) bond motifs is 4. The van der Waals surface area contributed by atoms with Gasteiger partial charge >= 0.3 is 6.09 Å². The number of carbonyl (C=O) groups excluding carboxylic acids is 1. The van der Waals surface area contributed by atoms with Crippen molar-refractivity contribution in [3.05, 3.63) is 101 Å². The van der Waals surface area contributed by atoms with Gasteiger partial charge in [-0.3, -0.25) is 4.98 Å². The molecule has 0 spiro atoms. The fraction of sp³-hybridized carbons (Fsp3) is 0.214. The summed E-state index contributed by atoms with van der Waals surface area (Å²) in [5.74, 6) is -0.0180. The Hall–Kier alpha value is -3.45. The molecule has 6 nitrogen and oxygen atoms in total. The molecule has 4 aromatic rings. The summed E-state index contributed by atoms with van der Waals surface area (Å²) >= 11 is 6.16. The molecule has 1 aliphatic rings. The van der Waals surface area contributed by atoms with E-state index >= 15 is 0 Å². The van der Waals surface area contributed by atoms with Gasteiger partial charge in [0.15, 0.2) is 0 Å². The van der Waals surface area contributed by atoms with Crippen LogP contribution in [0.5, 0.6) is 0 Å². The molecule has 0 radical (unpaired) electrons. The van der Waals surface area contributed by atoms with E-state index < -0.39 is 18.3 Å². The molecule has 3 N–H and O–H groups in total. The number of nitrogens with zero attached hydrogens (tertiary/aromatic N) is 1. The van der Waals surface area contributed by atoms with Crippen LogP contribution in [0.4, 0.5) is 4.79 Å². The van der Waals surface area contributed by atoms with Gasteiger partial charge in [-0.25, -0.2) is 4.79 Å². The zero-order valence-electron chi connectivity index (χ0n) is 18.9. The standard InChI is InChI=1S/C28H25ClN2O4/c29-24-11-13-30-25-15-17(9-10-22(24)25)27(33)26(32)12-14-31-28(34)35-16-23-20-7-3-1-5-18(20)19-6-2-4-8-21(19)23/h1-11,13,15,23,26-27,32-33H,12,14,16H2,(H,31,34). The molecule has 1 aromatic heterocycles. The lowest BCUT2D eigenvalue weighted by molar-refractivity contribution is 0.0137. The Kier molecular flexibility index (Phi) is 6.68. The largest absolute Gasteiger partial charge is 0.449 e. The quantitative estimate of drug-likeness (QED) is 0.332. The first-order valence-corrected chi connectivity index (χ1v) is 11.9. The average molecular weight is 489 g/mol. The first-order chi connectivity index (χ1) is 17.0. The van der Waals surface area contributed by atoms with Crippen molar-refractivity contribution in [2.24, 2.45) is 0 Å². The summed E-state index contributed by atoms with van der Waals surface area (Å²) in [6, 6.07) is 23.2. The van der Waals surface area contributed by atoms with E-state index in [0.717, 1.165) is 16.5 Å². The summed E-state index contributed by atoms with van der Waals surface area (Å²) in [5, 5.41) is 25.0. The number of nitrogens with one attached hydrogen (secondary N) is 1. The maximum atomic E-state index is 12.3. The van der Waals surface area contributed by atoms with Crippen LogP contribution in [0.3, 0.4) is 0 Å². The number of carbonyl (C=O) groups is 1. The Morgan fingerprint density at radius 3 is 2.40 bits per heavy atom. The molecule has 3 aromatic carbocycles. The fourth-order valence-corrected chi connectivity index (χ4v) is 4.88. The number of rotatable bonds is 7. The number of halogens is 1. The maximum absolute atomic E-state index is 12.3. The molecule has 178 valence electrons. The molecule has 0 fully saturated rings. The zero-order chi connectivity index (χ0) is 24.4. The number of benzene rings is 3. The lowest BCUT2D eigenvalue weighted by Crippen LogP contribution is -2.30. The normalized spacial score (nSPS) is 14.3. The monoisotopic (exact) mass is 488 g/mol. The molecule has 0 bridgehead atoms. The van der Waals surface area contributed by atoms with Crippen LogP contribution in [0.2, 0.25) is 5.02 Å². The molecule has 0 aliphatic heterocycles. The lowest BCUT2D eigenvalue weighted by Gasteiger charge is -2.19. The van der Waals surface area contributed by atoms with Gasteiger partial charge in [-0.2, -0.15) is 0 Å². The van der Waals surface area contributed by atoms with Crippen LogP contribution in [-0.2, 0) is 4.74 Å². The van der Waals surface area contributed by atoms with Gasteiger partial charge in [0, 0.05) is 24.0 Å². The van der Waals surface area contributed by atoms with Crippen LogP contribution >= 0.6 is 11.6 Å². The van der Waals surface area contributed by atoms with Crippen LogP contribution in [0, 0.1) is 0 Å². The Morgan fingerprint density at radius 2 is 1.69 bits per heavy atom. The molecule has 0 saturated heterocycles. The minimum Gasteiger partial charge on any atom is -0.449 e. The summed E-state index contributed by atoms with van der Waals surface area (Å²) in [4.78, 5) is 16.6. The number of amides is 1. The number of pyridine rings is 1. The number of aliphatic hydroxyl groups excluding tert-OH is 2. The maximum Gasteiger partial charge on any atom is 0.407 e. The fourth-order valence-electron chi connectivity index (χ4n) is 4.67. The minimum absolute atomic E-state index is 0.0180. The van der Waals surface area contributed by atoms with Gasteiger partial charge in [0.05, 0.1) is 16.6 Å². The second-order valence-corrected chi connectivity index (χ2v) is 9.03. The first kappa shape index (κ1) is 23.3. The first-order valence-electron chi connectivity index (χ1n) is 11.5. The van der Waals surface area contributed by atoms with E-state index in [1.807, 2.05) is 24.3 Å². The highest BCUT2D eigenvalue weighted by Crippen LogP contribution is 2.44. The zero-order valence-corrected chi connectivity index (χ0v) is 19.7. The molecule has 2 atom stereocenters. The Bertz CT molecular complexity index is 1330. The number of ether oxygens (including phenoxy) is 1. The van der Waals surface area contributed by atoms with E-state index in [-0.39, 0.29) is 25.5 Å². The summed E-state index contributed by atoms with van der Waals surface area (Å²) < 4.78 is 5.51. The topological polar surface area (TPSA) is 91.7 Å². The van der Waals surface area contributed by atoms with Crippen LogP contribution in [-0.4, -0.2) is 40.5 Å². The van der Waals surface area contributed by atoms with Crippen LogP contribution in [0.15, 0.2) is 79.0 Å². The Balaban J connectivity index is 1.14. The van der Waals surface area contributed by atoms with E-state index in [1.165, 1.54) is 11.1 Å². The number of hydrogen-bond donors (Lipinski definition) is 3. The summed E-state index contributed by atoms with van der Waals surface area (Å²) in [6.45, 7) is 0.379. The summed E-state index contributed by atoms with van der Waals surface area (Å²) in [7, 11) is 0. The highest BCUT2D eigenvalue weighted by Gasteiger charge is 2.29. The van der Waals surface area contributed by atoms with Crippen molar-refractivity contribution in [2.75, 3.05) is 13.2 Å². The van der Waals surface area contributed by atoms with Gasteiger partial charge in [0.25, 0.3) is 0 Å². The number of alkyl carbamates (subject to hydrolysis) is 1. The molecular weight excluding hydrogens is 464 g/mol. The molecule has 2 unspecified atom stereocenters. The lowest BCUT2D eigenvalue weighted by atomic mass is 9.98. The van der Waals surface area contributed by atoms with Gasteiger partial charge in [-0.1, -0.05) is 72.3 Å². The van der Waals surface area contributed by atoms with Crippen LogP contribution < -0.4 is 5.32 Å². The second kappa shape index (κ2) is 10.0. The van der Waals surface area contributed by atoms with E-state index in [9.17, 15) is 15.0 Å². The van der Waals surface area contributed by atoms with Gasteiger partial charge in [0.2, 0.25) is 0 Å². The van der Waals surface area contributed by atoms with Crippen molar-refractivity contribution in [2.45, 2.75) is 24.5 Å². The van der Waals surface area contributed by atoms with E-state index in [4.69, 9.17) is 16.3 Å². The summed E-state index contributed by atoms with van der Waals surface area (Å²) in [5.41, 5.74) is 5.79.